The molecular weight excluding hydrogens is 386 g/mol. The van der Waals surface area contributed by atoms with E-state index in [1.165, 1.54) is 12.0 Å². The molecule has 0 aliphatic carbocycles. The second-order valence-electron chi connectivity index (χ2n) is 8.27. The third-order valence-electron chi connectivity index (χ3n) is 5.87. The fourth-order valence-electron chi connectivity index (χ4n) is 3.99. The van der Waals surface area contributed by atoms with Crippen molar-refractivity contribution in [1.82, 2.24) is 20.6 Å². The van der Waals surface area contributed by atoms with Gasteiger partial charge in [-0.25, -0.2) is 9.97 Å². The van der Waals surface area contributed by atoms with Gasteiger partial charge in [0.25, 0.3) is 0 Å². The topological polar surface area (TPSA) is 82.1 Å². The van der Waals surface area contributed by atoms with Gasteiger partial charge in [0, 0.05) is 30.9 Å². The van der Waals surface area contributed by atoms with Gasteiger partial charge in [-0.1, -0.05) is 37.3 Å². The Labute approximate surface area is 184 Å². The standard InChI is InChI=1S/C25H31N5O/c1-18-16-26-12-10-23(18)29-17-20-3-2-4-21(15-20)24-11-14-28-25(30-24)27-13-9-19-5-7-22(31)8-6-19/h2-8,11,14-15,18,23,26,29,31H,9-10,12-13,16-17H2,1H3,(H,27,28,30)/t18-,23-/m1/s1. The van der Waals surface area contributed by atoms with E-state index in [-0.39, 0.29) is 5.75 Å². The van der Waals surface area contributed by atoms with Crippen molar-refractivity contribution in [2.45, 2.75) is 32.4 Å². The van der Waals surface area contributed by atoms with Gasteiger partial charge in [0.1, 0.15) is 5.75 Å². The van der Waals surface area contributed by atoms with E-state index in [9.17, 15) is 5.11 Å². The Hall–Kier alpha value is -2.96. The number of phenolic OH excluding ortho intramolecular Hbond substituents is 1. The van der Waals surface area contributed by atoms with Crippen LogP contribution < -0.4 is 16.0 Å². The van der Waals surface area contributed by atoms with Crippen LogP contribution in [0, 0.1) is 5.92 Å². The van der Waals surface area contributed by atoms with Crippen molar-refractivity contribution in [3.05, 3.63) is 71.9 Å². The second-order valence-corrected chi connectivity index (χ2v) is 8.27. The lowest BCUT2D eigenvalue weighted by Gasteiger charge is -2.30. The quantitative estimate of drug-likeness (QED) is 0.448. The zero-order valence-corrected chi connectivity index (χ0v) is 18.0. The molecule has 0 spiro atoms. The van der Waals surface area contributed by atoms with Crippen molar-refractivity contribution in [3.63, 3.8) is 0 Å². The van der Waals surface area contributed by atoms with E-state index in [1.54, 1.807) is 18.3 Å². The highest BCUT2D eigenvalue weighted by atomic mass is 16.3. The Kier molecular flexibility index (Phi) is 7.12. The number of anilines is 1. The van der Waals surface area contributed by atoms with E-state index in [0.29, 0.717) is 17.9 Å². The molecule has 3 aromatic rings. The molecule has 162 valence electrons. The van der Waals surface area contributed by atoms with Gasteiger partial charge in [0.2, 0.25) is 5.95 Å². The fraction of sp³-hybridized carbons (Fsp3) is 0.360. The summed E-state index contributed by atoms with van der Waals surface area (Å²) in [4.78, 5) is 9.06. The molecule has 1 fully saturated rings. The van der Waals surface area contributed by atoms with Gasteiger partial charge < -0.3 is 21.1 Å². The van der Waals surface area contributed by atoms with Gasteiger partial charge in [-0.3, -0.25) is 0 Å². The average molecular weight is 418 g/mol. The Morgan fingerprint density at radius 2 is 1.97 bits per heavy atom. The summed E-state index contributed by atoms with van der Waals surface area (Å²) in [7, 11) is 0. The van der Waals surface area contributed by atoms with Crippen molar-refractivity contribution in [2.24, 2.45) is 5.92 Å². The molecule has 31 heavy (non-hydrogen) atoms. The van der Waals surface area contributed by atoms with Crippen molar-refractivity contribution < 1.29 is 5.11 Å². The van der Waals surface area contributed by atoms with Gasteiger partial charge >= 0.3 is 0 Å². The minimum Gasteiger partial charge on any atom is -0.508 e. The number of hydrogen-bond donors (Lipinski definition) is 4. The summed E-state index contributed by atoms with van der Waals surface area (Å²) in [6.45, 7) is 6.07. The van der Waals surface area contributed by atoms with Gasteiger partial charge in [-0.05, 0) is 67.2 Å². The molecule has 6 nitrogen and oxygen atoms in total. The third-order valence-corrected chi connectivity index (χ3v) is 5.87. The van der Waals surface area contributed by atoms with Crippen LogP contribution in [-0.2, 0) is 13.0 Å². The summed E-state index contributed by atoms with van der Waals surface area (Å²) >= 11 is 0. The van der Waals surface area contributed by atoms with Crippen LogP contribution in [0.1, 0.15) is 24.5 Å². The number of nitrogens with one attached hydrogen (secondary N) is 3. The number of hydrogen-bond acceptors (Lipinski definition) is 6. The normalized spacial score (nSPS) is 18.6. The van der Waals surface area contributed by atoms with Gasteiger partial charge in [-0.15, -0.1) is 0 Å². The first-order valence-electron chi connectivity index (χ1n) is 11.1. The summed E-state index contributed by atoms with van der Waals surface area (Å²) in [5.41, 5.74) is 4.44. The molecule has 4 rings (SSSR count). The van der Waals surface area contributed by atoms with E-state index >= 15 is 0 Å². The molecule has 0 amide bonds. The lowest BCUT2D eigenvalue weighted by molar-refractivity contribution is 0.295. The Morgan fingerprint density at radius 1 is 1.10 bits per heavy atom. The molecular formula is C25H31N5O. The zero-order valence-electron chi connectivity index (χ0n) is 18.0. The van der Waals surface area contributed by atoms with Crippen LogP contribution in [0.3, 0.4) is 0 Å². The number of benzene rings is 2. The van der Waals surface area contributed by atoms with Crippen molar-refractivity contribution >= 4 is 5.95 Å². The Balaban J connectivity index is 1.35. The largest absolute Gasteiger partial charge is 0.508 e. The fourth-order valence-corrected chi connectivity index (χ4v) is 3.99. The van der Waals surface area contributed by atoms with Crippen molar-refractivity contribution in [1.29, 1.82) is 0 Å². The van der Waals surface area contributed by atoms with Crippen LogP contribution >= 0.6 is 0 Å². The van der Waals surface area contributed by atoms with Crippen LogP contribution in [0.5, 0.6) is 5.75 Å². The average Bonchev–Trinajstić information content (AvgIpc) is 2.80. The molecule has 1 aliphatic heterocycles. The van der Waals surface area contributed by atoms with Gasteiger partial charge in [0.05, 0.1) is 5.69 Å². The van der Waals surface area contributed by atoms with E-state index in [1.807, 2.05) is 18.2 Å². The molecule has 0 bridgehead atoms. The minimum atomic E-state index is 0.287. The molecule has 1 saturated heterocycles. The minimum absolute atomic E-state index is 0.287. The first-order chi connectivity index (χ1) is 15.2. The number of phenols is 1. The SMILES string of the molecule is C[C@@H]1CNCC[C@H]1NCc1cccc(-c2ccnc(NCCc3ccc(O)cc3)n2)c1. The summed E-state index contributed by atoms with van der Waals surface area (Å²) in [6.07, 6.45) is 3.81. The lowest BCUT2D eigenvalue weighted by atomic mass is 9.95. The monoisotopic (exact) mass is 417 g/mol. The van der Waals surface area contributed by atoms with Crippen LogP contribution in [0.25, 0.3) is 11.3 Å². The first kappa shape index (κ1) is 21.3. The Morgan fingerprint density at radius 3 is 2.81 bits per heavy atom. The predicted octanol–water partition coefficient (Wildman–Crippen LogP) is 3.59. The highest BCUT2D eigenvalue weighted by molar-refractivity contribution is 5.60. The van der Waals surface area contributed by atoms with Crippen LogP contribution in [0.15, 0.2) is 60.8 Å². The number of rotatable bonds is 8. The van der Waals surface area contributed by atoms with Crippen molar-refractivity contribution in [3.8, 4) is 17.0 Å². The number of piperidine rings is 1. The maximum atomic E-state index is 9.39. The molecule has 2 atom stereocenters. The molecule has 0 unspecified atom stereocenters. The molecule has 2 aromatic carbocycles. The smallest absolute Gasteiger partial charge is 0.223 e. The lowest BCUT2D eigenvalue weighted by Crippen LogP contribution is -2.45. The van der Waals surface area contributed by atoms with E-state index in [2.05, 4.69) is 52.1 Å². The summed E-state index contributed by atoms with van der Waals surface area (Å²) in [6, 6.07) is 18.4. The molecule has 0 saturated carbocycles. The number of nitrogens with zero attached hydrogens (tertiary/aromatic N) is 2. The highest BCUT2D eigenvalue weighted by Gasteiger charge is 2.20. The highest BCUT2D eigenvalue weighted by Crippen LogP contribution is 2.20. The molecule has 0 radical (unpaired) electrons. The molecule has 1 aliphatic rings. The summed E-state index contributed by atoms with van der Waals surface area (Å²) in [5.74, 6) is 1.56. The maximum absolute atomic E-state index is 9.39. The van der Waals surface area contributed by atoms with Crippen LogP contribution in [0.2, 0.25) is 0 Å². The van der Waals surface area contributed by atoms with E-state index in [4.69, 9.17) is 4.98 Å². The van der Waals surface area contributed by atoms with Crippen LogP contribution in [0.4, 0.5) is 5.95 Å². The van der Waals surface area contributed by atoms with E-state index < -0.39 is 0 Å². The third kappa shape index (κ3) is 6.03. The van der Waals surface area contributed by atoms with Gasteiger partial charge in [-0.2, -0.15) is 0 Å². The first-order valence-corrected chi connectivity index (χ1v) is 11.1. The molecule has 1 aromatic heterocycles. The predicted molar refractivity (Wildman–Crippen MR) is 125 cm³/mol. The molecule has 2 heterocycles. The Bertz CT molecular complexity index is 976. The summed E-state index contributed by atoms with van der Waals surface area (Å²) < 4.78 is 0. The maximum Gasteiger partial charge on any atom is 0.223 e. The zero-order chi connectivity index (χ0) is 21.5. The van der Waals surface area contributed by atoms with Crippen molar-refractivity contribution in [2.75, 3.05) is 25.0 Å². The van der Waals surface area contributed by atoms with E-state index in [0.717, 1.165) is 49.4 Å². The second kappa shape index (κ2) is 10.4. The molecule has 6 heteroatoms. The summed E-state index contributed by atoms with van der Waals surface area (Å²) in [5, 5.41) is 19.9. The van der Waals surface area contributed by atoms with Crippen LogP contribution in [-0.4, -0.2) is 40.8 Å². The number of aromatic hydroxyl groups is 1. The number of aromatic nitrogens is 2. The molecule has 4 N–H and O–H groups in total. The van der Waals surface area contributed by atoms with Gasteiger partial charge in [0.15, 0.2) is 0 Å².